The second-order valence-electron chi connectivity index (χ2n) is 5.61. The van der Waals surface area contributed by atoms with Crippen LogP contribution in [0, 0.1) is 0 Å². The lowest BCUT2D eigenvalue weighted by molar-refractivity contribution is -0.130. The zero-order valence-corrected chi connectivity index (χ0v) is 15.1. The van der Waals surface area contributed by atoms with Crippen LogP contribution in [0.5, 0.6) is 17.2 Å². The van der Waals surface area contributed by atoms with Crippen LogP contribution < -0.4 is 25.1 Å². The number of hydrogen-bond acceptors (Lipinski definition) is 7. The minimum Gasteiger partial charge on any atom is -0.497 e. The number of ether oxygens (including phenoxy) is 3. The normalized spacial score (nSPS) is 11.5. The number of methoxy groups -OCH3 is 2. The lowest BCUT2D eigenvalue weighted by Gasteiger charge is -2.14. The number of rotatable bonds is 5. The average Bonchev–Trinajstić information content (AvgIpc) is 3.20. The number of benzene rings is 2. The molecule has 2 aromatic carbocycles. The van der Waals surface area contributed by atoms with Gasteiger partial charge in [-0.15, -0.1) is 0 Å². The maximum atomic E-state index is 12.1. The van der Waals surface area contributed by atoms with Gasteiger partial charge in [-0.05, 0) is 29.8 Å². The van der Waals surface area contributed by atoms with Gasteiger partial charge in [-0.25, -0.2) is 10.2 Å². The first-order chi connectivity index (χ1) is 13.5. The number of aromatic amines is 1. The van der Waals surface area contributed by atoms with Gasteiger partial charge in [-0.3, -0.25) is 15.3 Å². The second kappa shape index (κ2) is 8.27. The second-order valence-corrected chi connectivity index (χ2v) is 5.61. The molecule has 10 nitrogen and oxygen atoms in total. The number of nitrogens with zero attached hydrogens (tertiary/aromatic N) is 1. The van der Waals surface area contributed by atoms with E-state index in [-0.39, 0.29) is 5.75 Å². The summed E-state index contributed by atoms with van der Waals surface area (Å²) >= 11 is 0. The molecule has 4 N–H and O–H groups in total. The Hall–Kier alpha value is -3.79. The maximum absolute atomic E-state index is 12.1. The van der Waals surface area contributed by atoms with Gasteiger partial charge in [-0.1, -0.05) is 12.1 Å². The van der Waals surface area contributed by atoms with Crippen molar-refractivity contribution in [2.75, 3.05) is 14.2 Å². The number of hydrogen-bond donors (Lipinski definition) is 4. The van der Waals surface area contributed by atoms with Crippen molar-refractivity contribution in [1.82, 2.24) is 21.0 Å². The van der Waals surface area contributed by atoms with Crippen molar-refractivity contribution in [3.63, 3.8) is 0 Å². The Kier molecular flexibility index (Phi) is 5.61. The monoisotopic (exact) mass is 386 g/mol. The summed E-state index contributed by atoms with van der Waals surface area (Å²) in [6, 6.07) is 9.55. The predicted octanol–water partition coefficient (Wildman–Crippen LogP) is 1.43. The molecule has 10 heteroatoms. The van der Waals surface area contributed by atoms with Crippen LogP contribution >= 0.6 is 0 Å². The van der Waals surface area contributed by atoms with Crippen LogP contribution in [0.1, 0.15) is 11.7 Å². The van der Waals surface area contributed by atoms with Crippen molar-refractivity contribution >= 4 is 22.9 Å². The van der Waals surface area contributed by atoms with Gasteiger partial charge in [0.2, 0.25) is 0 Å². The molecule has 0 fully saturated rings. The molecular formula is C18H18N4O6. The van der Waals surface area contributed by atoms with Crippen molar-refractivity contribution < 1.29 is 28.9 Å². The summed E-state index contributed by atoms with van der Waals surface area (Å²) in [6.45, 7) is 0. The van der Waals surface area contributed by atoms with Crippen LogP contribution in [0.15, 0.2) is 42.6 Å². The van der Waals surface area contributed by atoms with Crippen LogP contribution in [0.4, 0.5) is 4.79 Å². The predicted molar refractivity (Wildman–Crippen MR) is 97.9 cm³/mol. The molecule has 1 heterocycles. The molecule has 0 saturated heterocycles. The van der Waals surface area contributed by atoms with E-state index in [4.69, 9.17) is 14.2 Å². The van der Waals surface area contributed by atoms with Gasteiger partial charge in [0, 0.05) is 0 Å². The first-order valence-electron chi connectivity index (χ1n) is 8.13. The zero-order chi connectivity index (χ0) is 20.1. The number of fused-ring (bicyclic) bond motifs is 1. The van der Waals surface area contributed by atoms with Gasteiger partial charge >= 0.3 is 6.09 Å². The molecule has 1 unspecified atom stereocenters. The van der Waals surface area contributed by atoms with Gasteiger partial charge in [0.25, 0.3) is 5.91 Å². The average molecular weight is 386 g/mol. The highest BCUT2D eigenvalue weighted by Crippen LogP contribution is 2.34. The van der Waals surface area contributed by atoms with Crippen molar-refractivity contribution in [3.05, 3.63) is 48.2 Å². The topological polar surface area (TPSA) is 135 Å². The number of amides is 2. The number of carbonyl (C=O) groups excluding carboxylic acids is 2. The SMILES string of the molecule is COc1cccc(C(O)C(=O)NNC(=O)Oc2ccc3[nH]ncc3c2OC)c1. The highest BCUT2D eigenvalue weighted by atomic mass is 16.6. The molecule has 1 atom stereocenters. The van der Waals surface area contributed by atoms with Crippen molar-refractivity contribution in [3.8, 4) is 17.2 Å². The van der Waals surface area contributed by atoms with E-state index in [0.717, 1.165) is 0 Å². The highest BCUT2D eigenvalue weighted by molar-refractivity contribution is 5.89. The number of aliphatic hydroxyl groups is 1. The fourth-order valence-electron chi connectivity index (χ4n) is 2.53. The van der Waals surface area contributed by atoms with E-state index in [2.05, 4.69) is 21.0 Å². The lowest BCUT2D eigenvalue weighted by Crippen LogP contribution is -2.45. The smallest absolute Gasteiger partial charge is 0.431 e. The van der Waals surface area contributed by atoms with Crippen molar-refractivity contribution in [2.24, 2.45) is 0 Å². The maximum Gasteiger partial charge on any atom is 0.431 e. The molecule has 0 bridgehead atoms. The third-order valence-electron chi connectivity index (χ3n) is 3.89. The van der Waals surface area contributed by atoms with E-state index in [0.29, 0.717) is 28.0 Å². The standard InChI is InChI=1S/C18H18N4O6/c1-26-11-5-3-4-10(8-11)15(23)17(24)21-22-18(25)28-14-7-6-13-12(9-19-20-13)16(14)27-2/h3-9,15,23H,1-2H3,(H,19,20)(H,21,24)(H,22,25). The Bertz CT molecular complexity index is 1000. The molecule has 0 aliphatic rings. The van der Waals surface area contributed by atoms with Gasteiger partial charge < -0.3 is 19.3 Å². The molecule has 3 rings (SSSR count). The molecule has 0 aliphatic heterocycles. The first kappa shape index (κ1) is 19.0. The molecule has 1 aromatic heterocycles. The number of carbonyl (C=O) groups is 2. The summed E-state index contributed by atoms with van der Waals surface area (Å²) in [6.07, 6.45) is -0.940. The number of hydrazine groups is 1. The summed E-state index contributed by atoms with van der Waals surface area (Å²) in [5.41, 5.74) is 5.18. The summed E-state index contributed by atoms with van der Waals surface area (Å²) < 4.78 is 15.5. The summed E-state index contributed by atoms with van der Waals surface area (Å²) in [7, 11) is 2.90. The van der Waals surface area contributed by atoms with Gasteiger partial charge in [0.1, 0.15) is 5.75 Å². The first-order valence-corrected chi connectivity index (χ1v) is 8.13. The number of H-pyrrole nitrogens is 1. The van der Waals surface area contributed by atoms with E-state index in [1.54, 1.807) is 24.3 Å². The van der Waals surface area contributed by atoms with Gasteiger partial charge in [0.15, 0.2) is 17.6 Å². The van der Waals surface area contributed by atoms with Gasteiger partial charge in [-0.2, -0.15) is 5.10 Å². The number of aliphatic hydroxyl groups excluding tert-OH is 1. The number of aromatic nitrogens is 2. The van der Waals surface area contributed by atoms with E-state index >= 15 is 0 Å². The van der Waals surface area contributed by atoms with Crippen molar-refractivity contribution in [1.29, 1.82) is 0 Å². The van der Waals surface area contributed by atoms with E-state index in [9.17, 15) is 14.7 Å². The summed E-state index contributed by atoms with van der Waals surface area (Å²) in [4.78, 5) is 24.0. The van der Waals surface area contributed by atoms with E-state index in [1.807, 2.05) is 0 Å². The van der Waals surface area contributed by atoms with Crippen LogP contribution in [-0.4, -0.2) is 41.5 Å². The van der Waals surface area contributed by atoms with E-state index < -0.39 is 18.1 Å². The number of nitrogens with one attached hydrogen (secondary N) is 3. The Labute approximate surface area is 159 Å². The van der Waals surface area contributed by atoms with Crippen LogP contribution in [0.25, 0.3) is 10.9 Å². The van der Waals surface area contributed by atoms with Crippen LogP contribution in [-0.2, 0) is 4.79 Å². The molecule has 3 aromatic rings. The zero-order valence-electron chi connectivity index (χ0n) is 15.1. The van der Waals surface area contributed by atoms with Crippen LogP contribution in [0.3, 0.4) is 0 Å². The molecular weight excluding hydrogens is 368 g/mol. The van der Waals surface area contributed by atoms with Crippen molar-refractivity contribution in [2.45, 2.75) is 6.10 Å². The largest absolute Gasteiger partial charge is 0.497 e. The molecule has 2 amide bonds. The third kappa shape index (κ3) is 3.96. The molecule has 0 spiro atoms. The Morgan fingerprint density at radius 3 is 2.71 bits per heavy atom. The quantitative estimate of drug-likeness (QED) is 0.487. The summed E-state index contributed by atoms with van der Waals surface area (Å²) in [5.74, 6) is 0.0848. The van der Waals surface area contributed by atoms with E-state index in [1.165, 1.54) is 32.5 Å². The Morgan fingerprint density at radius 2 is 1.96 bits per heavy atom. The molecule has 146 valence electrons. The molecule has 0 aliphatic carbocycles. The van der Waals surface area contributed by atoms with Gasteiger partial charge in [0.05, 0.1) is 31.3 Å². The molecule has 0 radical (unpaired) electrons. The highest BCUT2D eigenvalue weighted by Gasteiger charge is 2.20. The summed E-state index contributed by atoms with van der Waals surface area (Å²) in [5, 5.41) is 17.4. The minimum absolute atomic E-state index is 0.136. The Morgan fingerprint density at radius 1 is 1.14 bits per heavy atom. The fourth-order valence-corrected chi connectivity index (χ4v) is 2.53. The molecule has 28 heavy (non-hydrogen) atoms. The molecule has 0 saturated carbocycles. The fraction of sp³-hybridized carbons (Fsp3) is 0.167. The van der Waals surface area contributed by atoms with Crippen LogP contribution in [0.2, 0.25) is 0 Å². The lowest BCUT2D eigenvalue weighted by atomic mass is 10.1. The minimum atomic E-state index is -1.51. The Balaban J connectivity index is 1.61. The third-order valence-corrected chi connectivity index (χ3v) is 3.89.